The normalized spacial score (nSPS) is 24.0. The van der Waals surface area contributed by atoms with Crippen molar-refractivity contribution in [3.05, 3.63) is 43.9 Å². The highest BCUT2D eigenvalue weighted by Gasteiger charge is 2.54. The molecule has 0 bridgehead atoms. The summed E-state index contributed by atoms with van der Waals surface area (Å²) in [6, 6.07) is 4.64. The molecule has 0 amide bonds. The minimum Gasteiger partial charge on any atom is -0.291 e. The van der Waals surface area contributed by atoms with Crippen molar-refractivity contribution in [1.82, 2.24) is 0 Å². The van der Waals surface area contributed by atoms with E-state index in [4.69, 9.17) is 23.2 Å². The Bertz CT molecular complexity index is 518. The molecule has 0 heterocycles. The van der Waals surface area contributed by atoms with Gasteiger partial charge in [0.05, 0.1) is 15.6 Å². The van der Waals surface area contributed by atoms with Crippen molar-refractivity contribution in [2.45, 2.75) is 31.2 Å². The number of hydrogen-bond acceptors (Lipinski definition) is 3. The number of hydrogen-bond donors (Lipinski definition) is 0. The van der Waals surface area contributed by atoms with Crippen molar-refractivity contribution in [2.24, 2.45) is 0 Å². The first-order chi connectivity index (χ1) is 8.50. The van der Waals surface area contributed by atoms with Crippen LogP contribution in [0.1, 0.15) is 31.2 Å². The third kappa shape index (κ3) is 1.89. The maximum absolute atomic E-state index is 12.1. The third-order valence-electron chi connectivity index (χ3n) is 3.36. The molecule has 1 aliphatic rings. The molecule has 4 nitrogen and oxygen atoms in total. The fourth-order valence-electron chi connectivity index (χ4n) is 2.41. The first-order valence-electron chi connectivity index (χ1n) is 5.62. The Morgan fingerprint density at radius 2 is 2.00 bits per heavy atom. The lowest BCUT2D eigenvalue weighted by Crippen LogP contribution is -2.45. The molecular weight excluding hydrogens is 277 g/mol. The molecular formula is C12H11Cl2NO3. The Labute approximate surface area is 114 Å². The van der Waals surface area contributed by atoms with Crippen molar-refractivity contribution >= 4 is 29.0 Å². The molecule has 1 atom stereocenters. The molecule has 1 saturated carbocycles. The monoisotopic (exact) mass is 287 g/mol. The largest absolute Gasteiger partial charge is 0.305 e. The van der Waals surface area contributed by atoms with Crippen LogP contribution in [0.2, 0.25) is 10.0 Å². The van der Waals surface area contributed by atoms with Gasteiger partial charge in [0.15, 0.2) is 0 Å². The molecule has 0 aromatic heterocycles. The van der Waals surface area contributed by atoms with Crippen molar-refractivity contribution in [3.63, 3.8) is 0 Å². The van der Waals surface area contributed by atoms with Crippen LogP contribution in [0.15, 0.2) is 18.2 Å². The Balaban J connectivity index is 2.64. The summed E-state index contributed by atoms with van der Waals surface area (Å²) < 4.78 is 0. The second kappa shape index (κ2) is 4.86. The van der Waals surface area contributed by atoms with Gasteiger partial charge in [-0.1, -0.05) is 29.3 Å². The number of halogens is 2. The third-order valence-corrected chi connectivity index (χ3v) is 4.18. The van der Waals surface area contributed by atoms with Crippen molar-refractivity contribution in [3.8, 4) is 0 Å². The van der Waals surface area contributed by atoms with E-state index in [-0.39, 0.29) is 34.2 Å². The standard InChI is InChI=1S/C12H11Cl2NO3/c13-9-5-3-4-8(11(9)14)12(15(17)18)7-2-1-6-10(12)16/h3-5H,1-2,6-7H2. The molecule has 1 aliphatic carbocycles. The van der Waals surface area contributed by atoms with E-state index in [1.54, 1.807) is 12.1 Å². The van der Waals surface area contributed by atoms with Gasteiger partial charge in [-0.3, -0.25) is 14.9 Å². The topological polar surface area (TPSA) is 60.2 Å². The molecule has 6 heteroatoms. The van der Waals surface area contributed by atoms with Crippen LogP contribution in [-0.4, -0.2) is 10.7 Å². The van der Waals surface area contributed by atoms with E-state index >= 15 is 0 Å². The lowest BCUT2D eigenvalue weighted by Gasteiger charge is -2.28. The van der Waals surface area contributed by atoms with Gasteiger partial charge in [0.1, 0.15) is 0 Å². The molecule has 0 aliphatic heterocycles. The molecule has 0 spiro atoms. The SMILES string of the molecule is O=C1CCCCC1(c1cccc(Cl)c1Cl)[N+](=O)[O-]. The summed E-state index contributed by atoms with van der Waals surface area (Å²) in [4.78, 5) is 23.0. The Kier molecular flexibility index (Phi) is 3.59. The number of carbonyl (C=O) groups is 1. The van der Waals surface area contributed by atoms with E-state index in [0.29, 0.717) is 12.8 Å². The van der Waals surface area contributed by atoms with Gasteiger partial charge in [-0.2, -0.15) is 0 Å². The van der Waals surface area contributed by atoms with Crippen LogP contribution < -0.4 is 0 Å². The van der Waals surface area contributed by atoms with E-state index < -0.39 is 10.5 Å². The van der Waals surface area contributed by atoms with Gasteiger partial charge in [0, 0.05) is 17.8 Å². The van der Waals surface area contributed by atoms with Gasteiger partial charge in [0.25, 0.3) is 0 Å². The molecule has 18 heavy (non-hydrogen) atoms. The van der Waals surface area contributed by atoms with Crippen LogP contribution in [0.25, 0.3) is 0 Å². The molecule has 96 valence electrons. The number of nitrogens with zero attached hydrogens (tertiary/aromatic N) is 1. The number of Topliss-reactive ketones (excluding diaryl/α,β-unsaturated/α-hetero) is 1. The number of carbonyl (C=O) groups excluding carboxylic acids is 1. The van der Waals surface area contributed by atoms with Gasteiger partial charge in [0.2, 0.25) is 5.78 Å². The van der Waals surface area contributed by atoms with Gasteiger partial charge >= 0.3 is 5.54 Å². The molecule has 0 saturated heterocycles. The zero-order valence-corrected chi connectivity index (χ0v) is 11.0. The fourth-order valence-corrected chi connectivity index (χ4v) is 2.87. The highest BCUT2D eigenvalue weighted by atomic mass is 35.5. The summed E-state index contributed by atoms with van der Waals surface area (Å²) in [5, 5.41) is 11.8. The van der Waals surface area contributed by atoms with E-state index in [1.807, 2.05) is 0 Å². The van der Waals surface area contributed by atoms with Crippen LogP contribution in [0.3, 0.4) is 0 Å². The molecule has 0 N–H and O–H groups in total. The summed E-state index contributed by atoms with van der Waals surface area (Å²) in [6.45, 7) is 0. The second-order valence-corrected chi connectivity index (χ2v) is 5.13. The molecule has 1 fully saturated rings. The van der Waals surface area contributed by atoms with Crippen LogP contribution in [-0.2, 0) is 10.3 Å². The van der Waals surface area contributed by atoms with Gasteiger partial charge in [-0.05, 0) is 25.0 Å². The van der Waals surface area contributed by atoms with Crippen molar-refractivity contribution < 1.29 is 9.72 Å². The first kappa shape index (κ1) is 13.3. The number of benzene rings is 1. The predicted molar refractivity (Wildman–Crippen MR) is 68.6 cm³/mol. The molecule has 0 radical (unpaired) electrons. The number of nitro groups is 1. The van der Waals surface area contributed by atoms with E-state index in [0.717, 1.165) is 0 Å². The lowest BCUT2D eigenvalue weighted by atomic mass is 9.76. The van der Waals surface area contributed by atoms with Gasteiger partial charge < -0.3 is 0 Å². The lowest BCUT2D eigenvalue weighted by molar-refractivity contribution is -0.563. The highest BCUT2D eigenvalue weighted by molar-refractivity contribution is 6.42. The minimum absolute atomic E-state index is 0.103. The predicted octanol–water partition coefficient (Wildman–Crippen LogP) is 3.61. The minimum atomic E-state index is -1.72. The Morgan fingerprint density at radius 3 is 2.61 bits per heavy atom. The maximum atomic E-state index is 12.1. The van der Waals surface area contributed by atoms with Gasteiger partial charge in [-0.15, -0.1) is 0 Å². The zero-order valence-electron chi connectivity index (χ0n) is 9.49. The van der Waals surface area contributed by atoms with Crippen LogP contribution in [0.5, 0.6) is 0 Å². The van der Waals surface area contributed by atoms with E-state index in [2.05, 4.69) is 0 Å². The summed E-state index contributed by atoms with van der Waals surface area (Å²) >= 11 is 11.9. The first-order valence-corrected chi connectivity index (χ1v) is 6.38. The summed E-state index contributed by atoms with van der Waals surface area (Å²) in [5.41, 5.74) is -1.51. The number of ketones is 1. The van der Waals surface area contributed by atoms with Crippen molar-refractivity contribution in [1.29, 1.82) is 0 Å². The molecule has 1 unspecified atom stereocenters. The van der Waals surface area contributed by atoms with Crippen LogP contribution in [0, 0.1) is 10.1 Å². The summed E-state index contributed by atoms with van der Waals surface area (Å²) in [5.74, 6) is -0.386. The summed E-state index contributed by atoms with van der Waals surface area (Å²) in [7, 11) is 0. The smallest absolute Gasteiger partial charge is 0.291 e. The molecule has 2 rings (SSSR count). The quantitative estimate of drug-likeness (QED) is 0.617. The second-order valence-electron chi connectivity index (χ2n) is 4.35. The van der Waals surface area contributed by atoms with E-state index in [9.17, 15) is 14.9 Å². The Hall–Kier alpha value is -1.13. The molecule has 1 aromatic rings. The maximum Gasteiger partial charge on any atom is 0.305 e. The van der Waals surface area contributed by atoms with Crippen molar-refractivity contribution in [2.75, 3.05) is 0 Å². The average Bonchev–Trinajstić information content (AvgIpc) is 2.33. The van der Waals surface area contributed by atoms with Gasteiger partial charge in [-0.25, -0.2) is 0 Å². The zero-order chi connectivity index (χ0) is 13.3. The fraction of sp³-hybridized carbons (Fsp3) is 0.417. The highest BCUT2D eigenvalue weighted by Crippen LogP contribution is 2.42. The summed E-state index contributed by atoms with van der Waals surface area (Å²) in [6.07, 6.45) is 1.71. The van der Waals surface area contributed by atoms with E-state index in [1.165, 1.54) is 6.07 Å². The Morgan fingerprint density at radius 1 is 1.28 bits per heavy atom. The van der Waals surface area contributed by atoms with Crippen LogP contribution >= 0.6 is 23.2 Å². The molecule has 1 aromatic carbocycles. The number of rotatable bonds is 2. The average molecular weight is 288 g/mol. The van der Waals surface area contributed by atoms with Crippen LogP contribution in [0.4, 0.5) is 0 Å².